The van der Waals surface area contributed by atoms with Gasteiger partial charge in [-0.05, 0) is 13.8 Å². The lowest BCUT2D eigenvalue weighted by molar-refractivity contribution is -0.271. The summed E-state index contributed by atoms with van der Waals surface area (Å²) in [5.41, 5.74) is 0.695. The normalized spacial score (nSPS) is 8.47. The van der Waals surface area contributed by atoms with Crippen LogP contribution in [0.25, 0.3) is 0 Å². The molecule has 0 amide bonds. The van der Waals surface area contributed by atoms with Gasteiger partial charge in [0, 0.05) is 11.1 Å². The zero-order valence-corrected chi connectivity index (χ0v) is 10.3. The molecule has 0 unspecified atom stereocenters. The SMILES string of the molecule is C=C(C)C(=O)OC.C=C(C)C(=O)OOCCO. The van der Waals surface area contributed by atoms with E-state index >= 15 is 0 Å². The predicted molar refractivity (Wildman–Crippen MR) is 60.8 cm³/mol. The molecule has 0 aliphatic carbocycles. The first-order chi connectivity index (χ1) is 7.86. The highest BCUT2D eigenvalue weighted by Crippen LogP contribution is 1.91. The van der Waals surface area contributed by atoms with Crippen LogP contribution in [0.5, 0.6) is 0 Å². The van der Waals surface area contributed by atoms with E-state index in [0.29, 0.717) is 5.57 Å². The number of ether oxygens (including phenoxy) is 1. The van der Waals surface area contributed by atoms with E-state index in [-0.39, 0.29) is 24.8 Å². The summed E-state index contributed by atoms with van der Waals surface area (Å²) in [5, 5.41) is 8.18. The molecule has 0 saturated heterocycles. The van der Waals surface area contributed by atoms with Crippen LogP contribution in [0.1, 0.15) is 13.8 Å². The van der Waals surface area contributed by atoms with Crippen molar-refractivity contribution in [1.82, 2.24) is 0 Å². The molecule has 0 aromatic rings. The monoisotopic (exact) mass is 246 g/mol. The van der Waals surface area contributed by atoms with Crippen LogP contribution in [0.4, 0.5) is 0 Å². The molecule has 0 bridgehead atoms. The molecule has 17 heavy (non-hydrogen) atoms. The number of hydrogen-bond acceptors (Lipinski definition) is 6. The molecule has 0 spiro atoms. The summed E-state index contributed by atoms with van der Waals surface area (Å²) in [6.07, 6.45) is 0. The van der Waals surface area contributed by atoms with E-state index in [1.807, 2.05) is 0 Å². The van der Waals surface area contributed by atoms with Crippen LogP contribution in [0.15, 0.2) is 24.3 Å². The lowest BCUT2D eigenvalue weighted by atomic mass is 10.4. The van der Waals surface area contributed by atoms with Gasteiger partial charge in [-0.2, -0.15) is 4.89 Å². The van der Waals surface area contributed by atoms with Crippen LogP contribution in [0, 0.1) is 0 Å². The molecule has 98 valence electrons. The van der Waals surface area contributed by atoms with Crippen molar-refractivity contribution in [3.63, 3.8) is 0 Å². The number of aliphatic hydroxyl groups is 1. The van der Waals surface area contributed by atoms with Gasteiger partial charge in [-0.15, -0.1) is 0 Å². The Labute approximate surface area is 100 Å². The van der Waals surface area contributed by atoms with Gasteiger partial charge in [0.15, 0.2) is 0 Å². The van der Waals surface area contributed by atoms with Gasteiger partial charge < -0.3 is 9.84 Å². The minimum Gasteiger partial charge on any atom is -0.466 e. The molecule has 0 aliphatic heterocycles. The molecule has 0 rings (SSSR count). The molecule has 1 N–H and O–H groups in total. The van der Waals surface area contributed by atoms with Gasteiger partial charge in [0.25, 0.3) is 0 Å². The average molecular weight is 246 g/mol. The summed E-state index contributed by atoms with van der Waals surface area (Å²) in [7, 11) is 1.33. The van der Waals surface area contributed by atoms with E-state index in [9.17, 15) is 9.59 Å². The zero-order chi connectivity index (χ0) is 13.8. The maximum Gasteiger partial charge on any atom is 0.368 e. The lowest BCUT2D eigenvalue weighted by Gasteiger charge is -1.99. The van der Waals surface area contributed by atoms with Crippen molar-refractivity contribution in [2.24, 2.45) is 0 Å². The Bertz CT molecular complexity index is 282. The maximum absolute atomic E-state index is 10.5. The molecule has 0 atom stereocenters. The smallest absolute Gasteiger partial charge is 0.368 e. The molecule has 0 saturated carbocycles. The molecule has 0 aromatic heterocycles. The first-order valence-corrected chi connectivity index (χ1v) is 4.70. The van der Waals surface area contributed by atoms with Crippen molar-refractivity contribution >= 4 is 11.9 Å². The summed E-state index contributed by atoms with van der Waals surface area (Å²) in [6, 6.07) is 0. The van der Waals surface area contributed by atoms with Gasteiger partial charge in [-0.3, -0.25) is 4.89 Å². The fraction of sp³-hybridized carbons (Fsp3) is 0.455. The van der Waals surface area contributed by atoms with Crippen molar-refractivity contribution in [1.29, 1.82) is 0 Å². The molecule has 6 nitrogen and oxygen atoms in total. The third kappa shape index (κ3) is 12.3. The van der Waals surface area contributed by atoms with Crippen LogP contribution in [0.2, 0.25) is 0 Å². The van der Waals surface area contributed by atoms with Crippen LogP contribution in [-0.4, -0.2) is 37.4 Å². The Hall–Kier alpha value is -1.66. The molecule has 0 aromatic carbocycles. The summed E-state index contributed by atoms with van der Waals surface area (Å²) < 4.78 is 4.27. The topological polar surface area (TPSA) is 82.1 Å². The van der Waals surface area contributed by atoms with Gasteiger partial charge in [0.2, 0.25) is 0 Å². The minimum absolute atomic E-state index is 0.0149. The van der Waals surface area contributed by atoms with E-state index in [1.165, 1.54) is 14.0 Å². The second kappa shape index (κ2) is 10.8. The number of aliphatic hydroxyl groups excluding tert-OH is 1. The van der Waals surface area contributed by atoms with Gasteiger partial charge >= 0.3 is 11.9 Å². The van der Waals surface area contributed by atoms with Gasteiger partial charge in [0.1, 0.15) is 6.61 Å². The Kier molecular flexibility index (Phi) is 11.3. The fourth-order valence-electron chi connectivity index (χ4n) is 0.378. The highest BCUT2D eigenvalue weighted by Gasteiger charge is 2.02. The highest BCUT2D eigenvalue weighted by molar-refractivity contribution is 5.86. The van der Waals surface area contributed by atoms with E-state index in [4.69, 9.17) is 5.11 Å². The van der Waals surface area contributed by atoms with E-state index in [1.54, 1.807) is 6.92 Å². The number of esters is 1. The van der Waals surface area contributed by atoms with E-state index < -0.39 is 5.97 Å². The number of hydrogen-bond donors (Lipinski definition) is 1. The van der Waals surface area contributed by atoms with Crippen LogP contribution < -0.4 is 0 Å². The maximum atomic E-state index is 10.5. The summed E-state index contributed by atoms with van der Waals surface area (Å²) in [5.74, 6) is -0.964. The third-order valence-corrected chi connectivity index (χ3v) is 1.19. The number of rotatable bonds is 5. The first-order valence-electron chi connectivity index (χ1n) is 4.70. The number of carbonyl (C=O) groups is 2. The second-order valence-electron chi connectivity index (χ2n) is 2.97. The summed E-state index contributed by atoms with van der Waals surface area (Å²) in [6.45, 7) is 9.58. The van der Waals surface area contributed by atoms with Crippen LogP contribution >= 0.6 is 0 Å². The van der Waals surface area contributed by atoms with E-state index in [2.05, 4.69) is 27.7 Å². The first kappa shape index (κ1) is 17.7. The van der Waals surface area contributed by atoms with Crippen molar-refractivity contribution in [2.45, 2.75) is 13.8 Å². The Morgan fingerprint density at radius 1 is 1.12 bits per heavy atom. The zero-order valence-electron chi connectivity index (χ0n) is 10.3. The van der Waals surface area contributed by atoms with Crippen molar-refractivity contribution in [3.05, 3.63) is 24.3 Å². The molecule has 0 aliphatic rings. The van der Waals surface area contributed by atoms with E-state index in [0.717, 1.165) is 0 Å². The summed E-state index contributed by atoms with van der Waals surface area (Å²) in [4.78, 5) is 29.1. The molecular weight excluding hydrogens is 228 g/mol. The largest absolute Gasteiger partial charge is 0.466 e. The van der Waals surface area contributed by atoms with Gasteiger partial charge in [-0.25, -0.2) is 9.59 Å². The third-order valence-electron chi connectivity index (χ3n) is 1.19. The Morgan fingerprint density at radius 2 is 1.59 bits per heavy atom. The quantitative estimate of drug-likeness (QED) is 0.253. The van der Waals surface area contributed by atoms with Crippen molar-refractivity contribution in [2.75, 3.05) is 20.3 Å². The number of carbonyl (C=O) groups excluding carboxylic acids is 2. The molecule has 6 heteroatoms. The second-order valence-corrected chi connectivity index (χ2v) is 2.97. The Balaban J connectivity index is 0. The standard InChI is InChI=1S/C6H10O4.C5H8O2/c1-5(2)6(8)10-9-4-3-7;1-4(2)5(6)7-3/h7H,1,3-4H2,2H3;1H2,2-3H3. The number of methoxy groups -OCH3 is 1. The van der Waals surface area contributed by atoms with Gasteiger partial charge in [-0.1, -0.05) is 13.2 Å². The van der Waals surface area contributed by atoms with Crippen molar-refractivity contribution < 1.29 is 29.2 Å². The molecular formula is C11H18O6. The highest BCUT2D eigenvalue weighted by atomic mass is 17.2. The minimum atomic E-state index is -0.617. The van der Waals surface area contributed by atoms with Crippen molar-refractivity contribution in [3.8, 4) is 0 Å². The van der Waals surface area contributed by atoms with Gasteiger partial charge in [0.05, 0.1) is 13.7 Å². The summed E-state index contributed by atoms with van der Waals surface area (Å²) >= 11 is 0. The molecule has 0 radical (unpaired) electrons. The average Bonchev–Trinajstić information content (AvgIpc) is 2.28. The predicted octanol–water partition coefficient (Wildman–Crippen LogP) is 0.765. The lowest BCUT2D eigenvalue weighted by Crippen LogP contribution is -2.08. The van der Waals surface area contributed by atoms with Crippen LogP contribution in [-0.2, 0) is 24.1 Å². The molecule has 0 fully saturated rings. The van der Waals surface area contributed by atoms with Crippen LogP contribution in [0.3, 0.4) is 0 Å². The molecule has 0 heterocycles. The fourth-order valence-corrected chi connectivity index (χ4v) is 0.378. The Morgan fingerprint density at radius 3 is 1.82 bits per heavy atom.